The number of nitrogens with zero attached hydrogens (tertiary/aromatic N) is 2. The van der Waals surface area contributed by atoms with E-state index in [1.165, 1.54) is 0 Å². The predicted molar refractivity (Wildman–Crippen MR) is 88.4 cm³/mol. The number of aromatic nitrogens is 2. The summed E-state index contributed by atoms with van der Waals surface area (Å²) in [5, 5.41) is 0.535. The van der Waals surface area contributed by atoms with Gasteiger partial charge in [0.15, 0.2) is 0 Å². The van der Waals surface area contributed by atoms with Gasteiger partial charge in [0.25, 0.3) is 5.56 Å². The highest BCUT2D eigenvalue weighted by Gasteiger charge is 2.54. The summed E-state index contributed by atoms with van der Waals surface area (Å²) in [6.45, 7) is 4.23. The summed E-state index contributed by atoms with van der Waals surface area (Å²) >= 11 is 0. The summed E-state index contributed by atoms with van der Waals surface area (Å²) in [7, 11) is 0. The van der Waals surface area contributed by atoms with Crippen molar-refractivity contribution in [3.8, 4) is 0 Å². The van der Waals surface area contributed by atoms with Gasteiger partial charge in [-0.25, -0.2) is 13.8 Å². The van der Waals surface area contributed by atoms with Crippen LogP contribution in [-0.2, 0) is 12.0 Å². The molecule has 2 N–H and O–H groups in total. The van der Waals surface area contributed by atoms with E-state index >= 15 is 0 Å². The third-order valence-electron chi connectivity index (χ3n) is 5.58. The van der Waals surface area contributed by atoms with Gasteiger partial charge >= 0.3 is 0 Å². The van der Waals surface area contributed by atoms with Gasteiger partial charge in [0.1, 0.15) is 5.82 Å². The third kappa shape index (κ3) is 2.12. The van der Waals surface area contributed by atoms with Crippen LogP contribution >= 0.6 is 0 Å². The molecule has 128 valence electrons. The van der Waals surface area contributed by atoms with Gasteiger partial charge < -0.3 is 5.73 Å². The lowest BCUT2D eigenvalue weighted by molar-refractivity contribution is 0.00242. The van der Waals surface area contributed by atoms with Crippen molar-refractivity contribution in [1.82, 2.24) is 9.55 Å². The zero-order valence-electron chi connectivity index (χ0n) is 13.9. The quantitative estimate of drug-likeness (QED) is 0.872. The van der Waals surface area contributed by atoms with Gasteiger partial charge in [-0.1, -0.05) is 6.07 Å². The second-order valence-electron chi connectivity index (χ2n) is 7.49. The minimum atomic E-state index is -2.67. The molecule has 4 nitrogen and oxygen atoms in total. The Morgan fingerprint density at radius 3 is 2.67 bits per heavy atom. The Bertz CT molecular complexity index is 903. The fraction of sp³-hybridized carbons (Fsp3) is 0.556. The number of alkyl halides is 2. The molecule has 6 heteroatoms. The van der Waals surface area contributed by atoms with Crippen LogP contribution in [0.1, 0.15) is 55.6 Å². The van der Waals surface area contributed by atoms with Gasteiger partial charge in [-0.15, -0.1) is 0 Å². The standard InChI is InChI=1S/C18H21F2N3O/c1-10-7-12(11(2)21)14-13(8-10)15(24)23-6-5-17(16(23)22-14)3-4-18(19,20)9-17/h7-8,11H,3-6,9,21H2,1-2H3/t11-,17?/m1/s1. The molecule has 1 spiro atoms. The van der Waals surface area contributed by atoms with Gasteiger partial charge in [0, 0.05) is 30.8 Å². The normalized spacial score (nSPS) is 26.2. The largest absolute Gasteiger partial charge is 0.324 e. The van der Waals surface area contributed by atoms with E-state index in [1.54, 1.807) is 4.57 Å². The predicted octanol–water partition coefficient (Wildman–Crippen LogP) is 3.19. The Morgan fingerprint density at radius 2 is 2.04 bits per heavy atom. The van der Waals surface area contributed by atoms with Crippen molar-refractivity contribution in [1.29, 1.82) is 0 Å². The summed E-state index contributed by atoms with van der Waals surface area (Å²) in [4.78, 5) is 17.7. The molecule has 1 aromatic heterocycles. The summed E-state index contributed by atoms with van der Waals surface area (Å²) in [5.74, 6) is -2.14. The average Bonchev–Trinajstić information content (AvgIpc) is 3.00. The van der Waals surface area contributed by atoms with Gasteiger partial charge in [-0.05, 0) is 43.9 Å². The van der Waals surface area contributed by atoms with Crippen LogP contribution in [0.3, 0.4) is 0 Å². The Morgan fingerprint density at radius 1 is 1.29 bits per heavy atom. The van der Waals surface area contributed by atoms with Crippen LogP contribution < -0.4 is 11.3 Å². The SMILES string of the molecule is Cc1cc([C@@H](C)N)c2nc3n(c(=O)c2c1)CCC31CCC(F)(F)C1. The average molecular weight is 333 g/mol. The van der Waals surface area contributed by atoms with Crippen LogP contribution in [0.5, 0.6) is 0 Å². The zero-order chi connectivity index (χ0) is 17.3. The zero-order valence-corrected chi connectivity index (χ0v) is 13.9. The number of rotatable bonds is 1. The molecular formula is C18H21F2N3O. The molecule has 0 saturated heterocycles. The Balaban J connectivity index is 2.01. The lowest BCUT2D eigenvalue weighted by atomic mass is 9.84. The Hall–Kier alpha value is -1.82. The van der Waals surface area contributed by atoms with Gasteiger partial charge in [-0.3, -0.25) is 9.36 Å². The highest BCUT2D eigenvalue weighted by atomic mass is 19.3. The number of benzene rings is 1. The second kappa shape index (κ2) is 4.85. The van der Waals surface area contributed by atoms with Crippen LogP contribution in [0.2, 0.25) is 0 Å². The number of aryl methyl sites for hydroxylation is 1. The van der Waals surface area contributed by atoms with E-state index < -0.39 is 11.3 Å². The maximum absolute atomic E-state index is 13.9. The number of nitrogens with two attached hydrogens (primary N) is 1. The van der Waals surface area contributed by atoms with Crippen molar-refractivity contribution in [2.24, 2.45) is 5.73 Å². The van der Waals surface area contributed by atoms with Crippen molar-refractivity contribution in [2.45, 2.75) is 63.5 Å². The van der Waals surface area contributed by atoms with Crippen LogP contribution in [0, 0.1) is 6.92 Å². The molecule has 1 unspecified atom stereocenters. The van der Waals surface area contributed by atoms with Crippen LogP contribution in [-0.4, -0.2) is 15.5 Å². The number of halogens is 2. The van der Waals surface area contributed by atoms with E-state index in [0.717, 1.165) is 11.1 Å². The molecule has 0 amide bonds. The van der Waals surface area contributed by atoms with E-state index in [1.807, 2.05) is 26.0 Å². The molecule has 1 saturated carbocycles. The van der Waals surface area contributed by atoms with E-state index in [9.17, 15) is 13.6 Å². The molecule has 1 aromatic carbocycles. The summed E-state index contributed by atoms with van der Waals surface area (Å²) in [6.07, 6.45) is 0.608. The highest BCUT2D eigenvalue weighted by Crippen LogP contribution is 2.52. The summed E-state index contributed by atoms with van der Waals surface area (Å²) in [5.41, 5.74) is 7.59. The van der Waals surface area contributed by atoms with Crippen molar-refractivity contribution in [3.05, 3.63) is 39.4 Å². The number of fused-ring (bicyclic) bond motifs is 3. The highest BCUT2D eigenvalue weighted by molar-refractivity contribution is 5.82. The monoisotopic (exact) mass is 333 g/mol. The summed E-state index contributed by atoms with van der Waals surface area (Å²) in [6, 6.07) is 3.48. The molecule has 24 heavy (non-hydrogen) atoms. The van der Waals surface area contributed by atoms with Crippen LogP contribution in [0.15, 0.2) is 16.9 Å². The first-order valence-corrected chi connectivity index (χ1v) is 8.41. The van der Waals surface area contributed by atoms with Crippen molar-refractivity contribution in [2.75, 3.05) is 0 Å². The smallest absolute Gasteiger partial charge is 0.261 e. The van der Waals surface area contributed by atoms with Crippen molar-refractivity contribution in [3.63, 3.8) is 0 Å². The first-order valence-electron chi connectivity index (χ1n) is 8.41. The minimum absolute atomic E-state index is 0.130. The summed E-state index contributed by atoms with van der Waals surface area (Å²) < 4.78 is 29.4. The van der Waals surface area contributed by atoms with E-state index in [4.69, 9.17) is 10.7 Å². The fourth-order valence-corrected chi connectivity index (χ4v) is 4.40. The molecular weight excluding hydrogens is 312 g/mol. The Labute approximate surface area is 138 Å². The molecule has 1 fully saturated rings. The van der Waals surface area contributed by atoms with Gasteiger partial charge in [-0.2, -0.15) is 0 Å². The molecule has 1 aliphatic carbocycles. The maximum Gasteiger partial charge on any atom is 0.261 e. The third-order valence-corrected chi connectivity index (χ3v) is 5.58. The molecule has 0 radical (unpaired) electrons. The van der Waals surface area contributed by atoms with Crippen molar-refractivity contribution >= 4 is 10.9 Å². The fourth-order valence-electron chi connectivity index (χ4n) is 4.40. The van der Waals surface area contributed by atoms with Gasteiger partial charge in [0.2, 0.25) is 5.92 Å². The minimum Gasteiger partial charge on any atom is -0.324 e. The molecule has 0 bridgehead atoms. The van der Waals surface area contributed by atoms with Crippen molar-refractivity contribution < 1.29 is 8.78 Å². The topological polar surface area (TPSA) is 60.9 Å². The Kier molecular flexibility index (Phi) is 3.17. The van der Waals surface area contributed by atoms with E-state index in [0.29, 0.717) is 36.1 Å². The maximum atomic E-state index is 13.9. The molecule has 2 heterocycles. The molecule has 1 aliphatic heterocycles. The van der Waals surface area contributed by atoms with Crippen LogP contribution in [0.25, 0.3) is 10.9 Å². The number of hydrogen-bond donors (Lipinski definition) is 1. The number of hydrogen-bond acceptors (Lipinski definition) is 3. The lowest BCUT2D eigenvalue weighted by Gasteiger charge is -2.23. The second-order valence-corrected chi connectivity index (χ2v) is 7.49. The first-order chi connectivity index (χ1) is 11.2. The first kappa shape index (κ1) is 15.7. The molecule has 2 atom stereocenters. The van der Waals surface area contributed by atoms with E-state index in [2.05, 4.69) is 0 Å². The molecule has 2 aliphatic rings. The molecule has 2 aromatic rings. The van der Waals surface area contributed by atoms with E-state index in [-0.39, 0.29) is 24.4 Å². The van der Waals surface area contributed by atoms with Crippen LogP contribution in [0.4, 0.5) is 8.78 Å². The van der Waals surface area contributed by atoms with Gasteiger partial charge in [0.05, 0.1) is 10.9 Å². The molecule has 4 rings (SSSR count). The lowest BCUT2D eigenvalue weighted by Crippen LogP contribution is -2.28.